The number of fused-ring (bicyclic) bond motifs is 1. The molecule has 0 saturated heterocycles. The highest BCUT2D eigenvalue weighted by Crippen LogP contribution is 2.31. The van der Waals surface area contributed by atoms with Gasteiger partial charge in [-0.1, -0.05) is 17.7 Å². The van der Waals surface area contributed by atoms with Crippen LogP contribution in [0.3, 0.4) is 0 Å². The normalized spacial score (nSPS) is 28.7. The fourth-order valence-electron chi connectivity index (χ4n) is 1.62. The monoisotopic (exact) mass is 148 g/mol. The van der Waals surface area contributed by atoms with Gasteiger partial charge in [-0.05, 0) is 6.08 Å². The molecule has 0 bridgehead atoms. The fraction of sp³-hybridized carbons (Fsp3) is 0.333. The van der Waals surface area contributed by atoms with Crippen molar-refractivity contribution in [3.8, 4) is 0 Å². The third kappa shape index (κ3) is 0.946. The first-order valence-corrected chi connectivity index (χ1v) is 3.70. The molecular weight excluding hydrogens is 140 g/mol. The summed E-state index contributed by atoms with van der Waals surface area (Å²) < 4.78 is 0. The van der Waals surface area contributed by atoms with Gasteiger partial charge in [0.25, 0.3) is 0 Å². The third-order valence-electron chi connectivity index (χ3n) is 2.19. The van der Waals surface area contributed by atoms with Gasteiger partial charge in [-0.25, -0.2) is 0 Å². The van der Waals surface area contributed by atoms with Gasteiger partial charge < -0.3 is 0 Å². The summed E-state index contributed by atoms with van der Waals surface area (Å²) >= 11 is 0. The van der Waals surface area contributed by atoms with Crippen LogP contribution in [0.4, 0.5) is 0 Å². The van der Waals surface area contributed by atoms with E-state index >= 15 is 0 Å². The number of carbonyl (C=O) groups is 2. The second-order valence-electron chi connectivity index (χ2n) is 2.98. The Morgan fingerprint density at radius 1 is 1.36 bits per heavy atom. The Morgan fingerprint density at radius 3 is 2.91 bits per heavy atom. The van der Waals surface area contributed by atoms with Crippen LogP contribution in [0.1, 0.15) is 12.8 Å². The zero-order valence-electron chi connectivity index (χ0n) is 6.04. The standard InChI is InChI=1S/C9H8O2/c10-7-4-6-2-1-3-9(11)8(6)5-7/h1-3,8H,4-5H2. The van der Waals surface area contributed by atoms with Gasteiger partial charge in [0.15, 0.2) is 5.78 Å². The van der Waals surface area contributed by atoms with Crippen molar-refractivity contribution in [2.24, 2.45) is 5.92 Å². The Bertz CT molecular complexity index is 284. The van der Waals surface area contributed by atoms with Crippen LogP contribution >= 0.6 is 0 Å². The van der Waals surface area contributed by atoms with Crippen LogP contribution < -0.4 is 0 Å². The number of ketones is 2. The van der Waals surface area contributed by atoms with Gasteiger partial charge >= 0.3 is 0 Å². The van der Waals surface area contributed by atoms with Crippen LogP contribution in [-0.4, -0.2) is 11.6 Å². The molecule has 0 heterocycles. The Labute approximate surface area is 64.6 Å². The Kier molecular flexibility index (Phi) is 1.28. The lowest BCUT2D eigenvalue weighted by molar-refractivity contribution is -0.121. The molecule has 2 nitrogen and oxygen atoms in total. The van der Waals surface area contributed by atoms with Crippen molar-refractivity contribution >= 4 is 11.6 Å². The molecule has 1 atom stereocenters. The lowest BCUT2D eigenvalue weighted by Gasteiger charge is -2.08. The van der Waals surface area contributed by atoms with Gasteiger partial charge in [0.05, 0.1) is 5.92 Å². The van der Waals surface area contributed by atoms with E-state index in [9.17, 15) is 9.59 Å². The predicted octanol–water partition coefficient (Wildman–Crippen LogP) is 1.03. The first-order chi connectivity index (χ1) is 5.27. The molecule has 0 spiro atoms. The molecule has 0 aliphatic heterocycles. The molecule has 1 saturated carbocycles. The molecule has 2 aliphatic carbocycles. The summed E-state index contributed by atoms with van der Waals surface area (Å²) in [5.41, 5.74) is 1.00. The maximum atomic E-state index is 11.1. The van der Waals surface area contributed by atoms with Gasteiger partial charge in [0.2, 0.25) is 0 Å². The van der Waals surface area contributed by atoms with E-state index in [0.29, 0.717) is 12.8 Å². The van der Waals surface area contributed by atoms with Crippen molar-refractivity contribution in [1.82, 2.24) is 0 Å². The summed E-state index contributed by atoms with van der Waals surface area (Å²) in [7, 11) is 0. The average molecular weight is 148 g/mol. The first-order valence-electron chi connectivity index (χ1n) is 3.70. The van der Waals surface area contributed by atoms with E-state index in [1.165, 1.54) is 0 Å². The lowest BCUT2D eigenvalue weighted by Crippen LogP contribution is -2.12. The zero-order valence-corrected chi connectivity index (χ0v) is 6.04. The van der Waals surface area contributed by atoms with E-state index in [4.69, 9.17) is 0 Å². The molecule has 2 heteroatoms. The van der Waals surface area contributed by atoms with Crippen molar-refractivity contribution in [3.05, 3.63) is 23.8 Å². The quantitative estimate of drug-likeness (QED) is 0.514. The van der Waals surface area contributed by atoms with Gasteiger partial charge in [0.1, 0.15) is 5.78 Å². The van der Waals surface area contributed by atoms with Crippen LogP contribution in [0.2, 0.25) is 0 Å². The second kappa shape index (κ2) is 2.16. The predicted molar refractivity (Wildman–Crippen MR) is 40.0 cm³/mol. The number of hydrogen-bond donors (Lipinski definition) is 0. The highest BCUT2D eigenvalue weighted by Gasteiger charge is 2.32. The molecule has 2 aliphatic rings. The summed E-state index contributed by atoms with van der Waals surface area (Å²) in [6.45, 7) is 0. The van der Waals surface area contributed by atoms with E-state index in [0.717, 1.165) is 5.57 Å². The lowest BCUT2D eigenvalue weighted by atomic mass is 9.93. The zero-order chi connectivity index (χ0) is 7.84. The Hall–Kier alpha value is -1.18. The van der Waals surface area contributed by atoms with Crippen LogP contribution in [0.15, 0.2) is 23.8 Å². The fourth-order valence-corrected chi connectivity index (χ4v) is 1.62. The summed E-state index contributed by atoms with van der Waals surface area (Å²) in [6.07, 6.45) is 6.08. The Morgan fingerprint density at radius 2 is 2.18 bits per heavy atom. The van der Waals surface area contributed by atoms with Crippen molar-refractivity contribution in [2.45, 2.75) is 12.8 Å². The van der Waals surface area contributed by atoms with Crippen LogP contribution in [0.5, 0.6) is 0 Å². The van der Waals surface area contributed by atoms with E-state index in [2.05, 4.69) is 0 Å². The molecule has 56 valence electrons. The van der Waals surface area contributed by atoms with Crippen LogP contribution in [-0.2, 0) is 9.59 Å². The molecular formula is C9H8O2. The minimum Gasteiger partial charge on any atom is -0.299 e. The number of Topliss-reactive ketones (excluding diaryl/α,β-unsaturated/α-hetero) is 1. The SMILES string of the molecule is O=C1CC2=CC=CC(=O)C2C1. The van der Waals surface area contributed by atoms with Crippen molar-refractivity contribution < 1.29 is 9.59 Å². The summed E-state index contributed by atoms with van der Waals surface area (Å²) in [4.78, 5) is 22.1. The van der Waals surface area contributed by atoms with E-state index in [1.54, 1.807) is 12.2 Å². The Balaban J connectivity index is 2.35. The molecule has 0 aromatic rings. The largest absolute Gasteiger partial charge is 0.299 e. The number of carbonyl (C=O) groups excluding carboxylic acids is 2. The molecule has 11 heavy (non-hydrogen) atoms. The van der Waals surface area contributed by atoms with Gasteiger partial charge in [-0.2, -0.15) is 0 Å². The maximum Gasteiger partial charge on any atom is 0.163 e. The van der Waals surface area contributed by atoms with Gasteiger partial charge in [-0.3, -0.25) is 9.59 Å². The highest BCUT2D eigenvalue weighted by atomic mass is 16.1. The topological polar surface area (TPSA) is 34.1 Å². The van der Waals surface area contributed by atoms with E-state index < -0.39 is 0 Å². The van der Waals surface area contributed by atoms with Gasteiger partial charge in [-0.15, -0.1) is 0 Å². The number of rotatable bonds is 0. The molecule has 0 radical (unpaired) electrons. The summed E-state index contributed by atoms with van der Waals surface area (Å²) in [6, 6.07) is 0. The van der Waals surface area contributed by atoms with Gasteiger partial charge in [0, 0.05) is 12.8 Å². The molecule has 1 fully saturated rings. The molecule has 0 amide bonds. The first kappa shape index (κ1) is 6.53. The minimum absolute atomic E-state index is 0.0911. The van der Waals surface area contributed by atoms with Crippen LogP contribution in [0.25, 0.3) is 0 Å². The number of allylic oxidation sites excluding steroid dienone is 4. The summed E-state index contributed by atoms with van der Waals surface area (Å²) in [5, 5.41) is 0. The third-order valence-corrected chi connectivity index (χ3v) is 2.19. The number of hydrogen-bond acceptors (Lipinski definition) is 2. The minimum atomic E-state index is -0.104. The molecule has 0 aromatic carbocycles. The van der Waals surface area contributed by atoms with E-state index in [-0.39, 0.29) is 17.5 Å². The molecule has 1 unspecified atom stereocenters. The molecule has 2 rings (SSSR count). The molecule has 0 aromatic heterocycles. The molecule has 0 N–H and O–H groups in total. The van der Waals surface area contributed by atoms with Crippen molar-refractivity contribution in [1.29, 1.82) is 0 Å². The smallest absolute Gasteiger partial charge is 0.163 e. The van der Waals surface area contributed by atoms with Crippen molar-refractivity contribution in [3.63, 3.8) is 0 Å². The highest BCUT2D eigenvalue weighted by molar-refractivity contribution is 6.02. The maximum absolute atomic E-state index is 11.1. The summed E-state index contributed by atoms with van der Waals surface area (Å²) in [5.74, 6) is 0.180. The second-order valence-corrected chi connectivity index (χ2v) is 2.98. The van der Waals surface area contributed by atoms with E-state index in [1.807, 2.05) is 6.08 Å². The van der Waals surface area contributed by atoms with Crippen LogP contribution in [0, 0.1) is 5.92 Å². The van der Waals surface area contributed by atoms with Crippen molar-refractivity contribution in [2.75, 3.05) is 0 Å². The average Bonchev–Trinajstić information content (AvgIpc) is 2.31.